The topological polar surface area (TPSA) is 0 Å². The second kappa shape index (κ2) is 8.09. The quantitative estimate of drug-likeness (QED) is 0.204. The number of allylic oxidation sites excluding steroid dienone is 2. The van der Waals surface area contributed by atoms with Gasteiger partial charge < -0.3 is 0 Å². The maximum atomic E-state index is 2.59. The fraction of sp³-hybridized carbons (Fsp3) is 0.286. The van der Waals surface area contributed by atoms with E-state index in [0.717, 1.165) is 5.92 Å². The maximum absolute atomic E-state index is 2.59. The van der Waals surface area contributed by atoms with Gasteiger partial charge in [-0.25, -0.2) is 0 Å². The second-order valence-electron chi connectivity index (χ2n) is 9.13. The van der Waals surface area contributed by atoms with Crippen molar-refractivity contribution in [1.82, 2.24) is 0 Å². The maximum Gasteiger partial charge on any atom is 0.0130 e. The molecule has 152 valence electrons. The molecule has 30 heavy (non-hydrogen) atoms. The molecule has 2 bridgehead atoms. The van der Waals surface area contributed by atoms with Crippen molar-refractivity contribution in [3.63, 3.8) is 0 Å². The van der Waals surface area contributed by atoms with Gasteiger partial charge in [0, 0.05) is 19.0 Å². The lowest BCUT2D eigenvalue weighted by atomic mass is 9.58. The molecule has 0 fully saturated rings. The Balaban J connectivity index is 1.78. The van der Waals surface area contributed by atoms with Gasteiger partial charge in [-0.1, -0.05) is 61.9 Å². The summed E-state index contributed by atoms with van der Waals surface area (Å²) in [4.78, 5) is 0. The highest BCUT2D eigenvalue weighted by atomic mass is 127. The van der Waals surface area contributed by atoms with Crippen molar-refractivity contribution in [2.24, 2.45) is 11.8 Å². The number of benzene rings is 3. The summed E-state index contributed by atoms with van der Waals surface area (Å²) in [5.41, 5.74) is 10.3. The molecule has 2 heteroatoms. The molecule has 0 saturated carbocycles. The van der Waals surface area contributed by atoms with E-state index in [2.05, 4.69) is 133 Å². The van der Waals surface area contributed by atoms with E-state index in [9.17, 15) is 0 Å². The highest BCUT2D eigenvalue weighted by Gasteiger charge is 2.42. The second-order valence-corrected chi connectivity index (χ2v) is 11.6. The van der Waals surface area contributed by atoms with Gasteiger partial charge in [0.05, 0.1) is 0 Å². The number of fused-ring (bicyclic) bond motifs is 1. The molecular formula is C28H26I2. The lowest BCUT2D eigenvalue weighted by molar-refractivity contribution is 0.281. The van der Waals surface area contributed by atoms with Crippen LogP contribution in [0.15, 0.2) is 72.3 Å². The van der Waals surface area contributed by atoms with Crippen molar-refractivity contribution in [3.05, 3.63) is 90.6 Å². The molecule has 0 radical (unpaired) electrons. The third-order valence-electron chi connectivity index (χ3n) is 7.10. The Morgan fingerprint density at radius 2 is 1.23 bits per heavy atom. The van der Waals surface area contributed by atoms with Gasteiger partial charge in [0.15, 0.2) is 0 Å². The summed E-state index contributed by atoms with van der Waals surface area (Å²) < 4.78 is 2.58. The molecule has 0 aliphatic heterocycles. The molecule has 3 atom stereocenters. The van der Waals surface area contributed by atoms with Gasteiger partial charge in [-0.05, 0) is 128 Å². The third-order valence-corrected chi connectivity index (χ3v) is 8.54. The molecule has 3 aromatic carbocycles. The Kier molecular flexibility index (Phi) is 5.59. The van der Waals surface area contributed by atoms with E-state index in [4.69, 9.17) is 0 Å². The molecule has 3 aliphatic carbocycles. The standard InChI is InChI=1S/C28H26I2/c1-16(2)24-15-25-17(3)14-26(24)28-23(19-6-10-21(30)11-7-19)13-12-22(27(25)28)18-4-8-20(29)9-5-18/h4-14,16,24-26H,15H2,1-3H3. The van der Waals surface area contributed by atoms with Crippen LogP contribution in [-0.4, -0.2) is 0 Å². The Morgan fingerprint density at radius 3 is 1.73 bits per heavy atom. The molecule has 0 spiro atoms. The fourth-order valence-electron chi connectivity index (χ4n) is 5.59. The zero-order chi connectivity index (χ0) is 21.0. The largest absolute Gasteiger partial charge is 0.0771 e. The third kappa shape index (κ3) is 3.48. The minimum atomic E-state index is 0.517. The Labute approximate surface area is 207 Å². The summed E-state index contributed by atoms with van der Waals surface area (Å²) in [7, 11) is 0. The fourth-order valence-corrected chi connectivity index (χ4v) is 6.31. The van der Waals surface area contributed by atoms with E-state index in [0.29, 0.717) is 17.8 Å². The number of hydrogen-bond donors (Lipinski definition) is 0. The molecule has 0 amide bonds. The van der Waals surface area contributed by atoms with Gasteiger partial charge in [0.2, 0.25) is 0 Å². The van der Waals surface area contributed by atoms with Crippen LogP contribution in [0, 0.1) is 19.0 Å². The Morgan fingerprint density at radius 1 is 0.733 bits per heavy atom. The SMILES string of the molecule is CC1=CC2c3c(-c4ccc(I)cc4)ccc(-c4ccc(I)cc4)c3C1CC2C(C)C. The number of rotatable bonds is 3. The zero-order valence-electron chi connectivity index (χ0n) is 17.6. The van der Waals surface area contributed by atoms with E-state index in [1.165, 1.54) is 35.8 Å². The average Bonchev–Trinajstić information content (AvgIpc) is 2.74. The average molecular weight is 616 g/mol. The van der Waals surface area contributed by atoms with E-state index >= 15 is 0 Å². The predicted molar refractivity (Wildman–Crippen MR) is 145 cm³/mol. The summed E-state index contributed by atoms with van der Waals surface area (Å²) in [5.74, 6) is 2.47. The molecule has 0 aromatic heterocycles. The molecule has 0 heterocycles. The number of halogens is 2. The van der Waals surface area contributed by atoms with E-state index in [-0.39, 0.29) is 0 Å². The van der Waals surface area contributed by atoms with Crippen LogP contribution in [0.5, 0.6) is 0 Å². The monoisotopic (exact) mass is 616 g/mol. The first kappa shape index (κ1) is 20.7. The molecule has 0 nitrogen and oxygen atoms in total. The van der Waals surface area contributed by atoms with Crippen molar-refractivity contribution < 1.29 is 0 Å². The van der Waals surface area contributed by atoms with E-state index < -0.39 is 0 Å². The Hall–Kier alpha value is -1.14. The minimum Gasteiger partial charge on any atom is -0.0771 e. The van der Waals surface area contributed by atoms with Crippen LogP contribution in [0.3, 0.4) is 0 Å². The van der Waals surface area contributed by atoms with Crippen molar-refractivity contribution in [2.45, 2.75) is 39.0 Å². The van der Waals surface area contributed by atoms with Gasteiger partial charge >= 0.3 is 0 Å². The Bertz CT molecular complexity index is 1120. The minimum absolute atomic E-state index is 0.517. The molecule has 0 N–H and O–H groups in total. The molecule has 3 unspecified atom stereocenters. The van der Waals surface area contributed by atoms with Crippen LogP contribution in [0.2, 0.25) is 0 Å². The van der Waals surface area contributed by atoms with Crippen molar-refractivity contribution in [3.8, 4) is 22.3 Å². The summed E-state index contributed by atoms with van der Waals surface area (Å²) in [6, 6.07) is 22.9. The molecule has 0 saturated heterocycles. The first-order valence-electron chi connectivity index (χ1n) is 10.8. The summed E-state index contributed by atoms with van der Waals surface area (Å²) in [5, 5.41) is 0. The lowest BCUT2D eigenvalue weighted by Gasteiger charge is -2.46. The van der Waals surface area contributed by atoms with Crippen LogP contribution in [0.1, 0.15) is 50.2 Å². The van der Waals surface area contributed by atoms with Gasteiger partial charge in [0.25, 0.3) is 0 Å². The highest BCUT2D eigenvalue weighted by molar-refractivity contribution is 14.1. The van der Waals surface area contributed by atoms with Crippen LogP contribution in [0.4, 0.5) is 0 Å². The predicted octanol–water partition coefficient (Wildman–Crippen LogP) is 9.03. The van der Waals surface area contributed by atoms with Gasteiger partial charge in [-0.15, -0.1) is 0 Å². The van der Waals surface area contributed by atoms with Gasteiger partial charge in [-0.3, -0.25) is 0 Å². The first-order chi connectivity index (χ1) is 14.4. The van der Waals surface area contributed by atoms with Gasteiger partial charge in [0.1, 0.15) is 0 Å². The molecule has 6 rings (SSSR count). The molecular weight excluding hydrogens is 590 g/mol. The smallest absolute Gasteiger partial charge is 0.0130 e. The zero-order valence-corrected chi connectivity index (χ0v) is 21.9. The molecule has 3 aliphatic rings. The van der Waals surface area contributed by atoms with Crippen molar-refractivity contribution >= 4 is 45.2 Å². The first-order valence-corrected chi connectivity index (χ1v) is 13.0. The number of hydrogen-bond acceptors (Lipinski definition) is 0. The van der Waals surface area contributed by atoms with Gasteiger partial charge in [-0.2, -0.15) is 0 Å². The highest BCUT2D eigenvalue weighted by Crippen LogP contribution is 2.58. The van der Waals surface area contributed by atoms with Crippen molar-refractivity contribution in [2.75, 3.05) is 0 Å². The van der Waals surface area contributed by atoms with E-state index in [1.54, 1.807) is 16.7 Å². The summed E-state index contributed by atoms with van der Waals surface area (Å²) >= 11 is 4.79. The van der Waals surface area contributed by atoms with Crippen LogP contribution >= 0.6 is 45.2 Å². The van der Waals surface area contributed by atoms with Crippen LogP contribution in [-0.2, 0) is 0 Å². The molecule has 3 aromatic rings. The summed E-state index contributed by atoms with van der Waals surface area (Å²) in [6.45, 7) is 7.16. The van der Waals surface area contributed by atoms with E-state index in [1.807, 2.05) is 0 Å². The summed E-state index contributed by atoms with van der Waals surface area (Å²) in [6.07, 6.45) is 3.88. The normalized spacial score (nSPS) is 22.2. The van der Waals surface area contributed by atoms with Crippen molar-refractivity contribution in [1.29, 1.82) is 0 Å². The lowest BCUT2D eigenvalue weighted by Crippen LogP contribution is -2.32. The van der Waals surface area contributed by atoms with Crippen LogP contribution in [0.25, 0.3) is 22.3 Å². The van der Waals surface area contributed by atoms with Crippen LogP contribution < -0.4 is 0 Å².